The van der Waals surface area contributed by atoms with Gasteiger partial charge >= 0.3 is 0 Å². The standard InChI is InChI=1S/C17H28N2O/c1-14(6-7-15-8-10-17(20)11-9-15)19-12-4-3-5-16(19)13-18-2/h8-11,14,16,18,20H,3-7,12-13H2,1-2H3. The molecule has 1 heterocycles. The van der Waals surface area contributed by atoms with Crippen LogP contribution in [0.4, 0.5) is 0 Å². The Labute approximate surface area is 123 Å². The molecule has 3 heteroatoms. The van der Waals surface area contributed by atoms with Gasteiger partial charge in [-0.1, -0.05) is 18.6 Å². The summed E-state index contributed by atoms with van der Waals surface area (Å²) in [6, 6.07) is 8.95. The largest absolute Gasteiger partial charge is 0.508 e. The first-order valence-electron chi connectivity index (χ1n) is 7.89. The number of nitrogens with one attached hydrogen (secondary N) is 1. The highest BCUT2D eigenvalue weighted by Gasteiger charge is 2.25. The summed E-state index contributed by atoms with van der Waals surface area (Å²) in [5.74, 6) is 0.354. The van der Waals surface area contributed by atoms with E-state index in [1.807, 2.05) is 19.2 Å². The van der Waals surface area contributed by atoms with Gasteiger partial charge in [0, 0.05) is 18.6 Å². The molecular weight excluding hydrogens is 248 g/mol. The van der Waals surface area contributed by atoms with E-state index in [2.05, 4.69) is 17.1 Å². The van der Waals surface area contributed by atoms with Gasteiger partial charge in [-0.05, 0) is 63.9 Å². The molecule has 0 amide bonds. The molecule has 2 N–H and O–H groups in total. The number of phenols is 1. The molecule has 0 spiro atoms. The highest BCUT2D eigenvalue weighted by atomic mass is 16.3. The molecule has 1 aromatic rings. The zero-order chi connectivity index (χ0) is 14.4. The topological polar surface area (TPSA) is 35.5 Å². The van der Waals surface area contributed by atoms with Crippen molar-refractivity contribution in [3.8, 4) is 5.75 Å². The average molecular weight is 276 g/mol. The predicted molar refractivity (Wildman–Crippen MR) is 84.2 cm³/mol. The molecule has 112 valence electrons. The molecule has 3 nitrogen and oxygen atoms in total. The van der Waals surface area contributed by atoms with Crippen LogP contribution in [0.15, 0.2) is 24.3 Å². The van der Waals surface area contributed by atoms with Crippen LogP contribution in [0.3, 0.4) is 0 Å². The van der Waals surface area contributed by atoms with Crippen LogP contribution in [0.25, 0.3) is 0 Å². The monoisotopic (exact) mass is 276 g/mol. The molecule has 2 unspecified atom stereocenters. The zero-order valence-corrected chi connectivity index (χ0v) is 12.8. The molecule has 0 aromatic heterocycles. The number of piperidine rings is 1. The molecule has 1 saturated heterocycles. The highest BCUT2D eigenvalue weighted by Crippen LogP contribution is 2.22. The predicted octanol–water partition coefficient (Wildman–Crippen LogP) is 2.79. The maximum absolute atomic E-state index is 9.32. The average Bonchev–Trinajstić information content (AvgIpc) is 2.47. The van der Waals surface area contributed by atoms with Gasteiger partial charge in [-0.25, -0.2) is 0 Å². The van der Waals surface area contributed by atoms with Crippen molar-refractivity contribution in [3.05, 3.63) is 29.8 Å². The lowest BCUT2D eigenvalue weighted by atomic mass is 9.97. The van der Waals surface area contributed by atoms with Gasteiger partial charge in [0.1, 0.15) is 5.75 Å². The Bertz CT molecular complexity index is 388. The first kappa shape index (κ1) is 15.3. The third kappa shape index (κ3) is 4.22. The van der Waals surface area contributed by atoms with E-state index in [0.29, 0.717) is 17.8 Å². The summed E-state index contributed by atoms with van der Waals surface area (Å²) in [5, 5.41) is 12.6. The smallest absolute Gasteiger partial charge is 0.115 e. The molecule has 0 aliphatic carbocycles. The fourth-order valence-electron chi connectivity index (χ4n) is 3.26. The van der Waals surface area contributed by atoms with Gasteiger partial charge < -0.3 is 10.4 Å². The Morgan fingerprint density at radius 2 is 2.05 bits per heavy atom. The molecule has 0 bridgehead atoms. The maximum Gasteiger partial charge on any atom is 0.115 e. The first-order chi connectivity index (χ1) is 9.70. The van der Waals surface area contributed by atoms with Crippen LogP contribution in [-0.4, -0.2) is 42.2 Å². The Hall–Kier alpha value is -1.06. The lowest BCUT2D eigenvalue weighted by molar-refractivity contribution is 0.0986. The van der Waals surface area contributed by atoms with Crippen LogP contribution in [0.2, 0.25) is 0 Å². The molecule has 0 radical (unpaired) electrons. The van der Waals surface area contributed by atoms with Crippen molar-refractivity contribution in [2.45, 2.75) is 51.1 Å². The Morgan fingerprint density at radius 3 is 2.75 bits per heavy atom. The third-order valence-corrected chi connectivity index (χ3v) is 4.47. The number of likely N-dealkylation sites (N-methyl/N-ethyl adjacent to an activating group) is 1. The lowest BCUT2D eigenvalue weighted by Gasteiger charge is -2.40. The third-order valence-electron chi connectivity index (χ3n) is 4.47. The minimum atomic E-state index is 0.354. The van der Waals surface area contributed by atoms with E-state index >= 15 is 0 Å². The van der Waals surface area contributed by atoms with Crippen LogP contribution in [-0.2, 0) is 6.42 Å². The maximum atomic E-state index is 9.32. The summed E-state index contributed by atoms with van der Waals surface area (Å²) < 4.78 is 0. The van der Waals surface area contributed by atoms with Crippen molar-refractivity contribution in [1.82, 2.24) is 10.2 Å². The van der Waals surface area contributed by atoms with Gasteiger partial charge in [-0.2, -0.15) is 0 Å². The second kappa shape index (κ2) is 7.65. The molecule has 1 aliphatic heterocycles. The van der Waals surface area contributed by atoms with Crippen LogP contribution in [0.5, 0.6) is 5.75 Å². The number of hydrogen-bond donors (Lipinski definition) is 2. The molecule has 1 fully saturated rings. The quantitative estimate of drug-likeness (QED) is 0.838. The number of aromatic hydroxyl groups is 1. The summed E-state index contributed by atoms with van der Waals surface area (Å²) >= 11 is 0. The van der Waals surface area contributed by atoms with E-state index in [-0.39, 0.29) is 0 Å². The van der Waals surface area contributed by atoms with Crippen molar-refractivity contribution < 1.29 is 5.11 Å². The van der Waals surface area contributed by atoms with E-state index in [9.17, 15) is 5.11 Å². The summed E-state index contributed by atoms with van der Waals surface area (Å²) in [5.41, 5.74) is 1.32. The van der Waals surface area contributed by atoms with Gasteiger partial charge in [0.05, 0.1) is 0 Å². The van der Waals surface area contributed by atoms with E-state index < -0.39 is 0 Å². The highest BCUT2D eigenvalue weighted by molar-refractivity contribution is 5.25. The number of phenolic OH excluding ortho intramolecular Hbond substituents is 1. The van der Waals surface area contributed by atoms with Crippen LogP contribution in [0.1, 0.15) is 38.2 Å². The summed E-state index contributed by atoms with van der Waals surface area (Å²) in [6.07, 6.45) is 6.30. The minimum absolute atomic E-state index is 0.354. The summed E-state index contributed by atoms with van der Waals surface area (Å²) in [4.78, 5) is 2.68. The van der Waals surface area contributed by atoms with Crippen molar-refractivity contribution in [1.29, 1.82) is 0 Å². The second-order valence-electron chi connectivity index (χ2n) is 6.00. The Kier molecular flexibility index (Phi) is 5.86. The SMILES string of the molecule is CNCC1CCCCN1C(C)CCc1ccc(O)cc1. The molecule has 1 aromatic carbocycles. The normalized spacial score (nSPS) is 21.8. The first-order valence-corrected chi connectivity index (χ1v) is 7.89. The zero-order valence-electron chi connectivity index (χ0n) is 12.8. The fraction of sp³-hybridized carbons (Fsp3) is 0.647. The number of rotatable bonds is 6. The molecule has 2 atom stereocenters. The molecular formula is C17H28N2O. The fourth-order valence-corrected chi connectivity index (χ4v) is 3.26. The van der Waals surface area contributed by atoms with Gasteiger partial charge in [0.2, 0.25) is 0 Å². The second-order valence-corrected chi connectivity index (χ2v) is 6.00. The van der Waals surface area contributed by atoms with E-state index in [0.717, 1.165) is 13.0 Å². The summed E-state index contributed by atoms with van der Waals surface area (Å²) in [7, 11) is 2.05. The summed E-state index contributed by atoms with van der Waals surface area (Å²) in [6.45, 7) is 4.70. The van der Waals surface area contributed by atoms with E-state index in [4.69, 9.17) is 0 Å². The number of aryl methyl sites for hydroxylation is 1. The van der Waals surface area contributed by atoms with E-state index in [1.54, 1.807) is 12.1 Å². The van der Waals surface area contributed by atoms with Crippen LogP contribution in [0, 0.1) is 0 Å². The number of nitrogens with zero attached hydrogens (tertiary/aromatic N) is 1. The van der Waals surface area contributed by atoms with Crippen molar-refractivity contribution in [2.24, 2.45) is 0 Å². The molecule has 1 aliphatic rings. The molecule has 20 heavy (non-hydrogen) atoms. The van der Waals surface area contributed by atoms with Gasteiger partial charge in [-0.15, -0.1) is 0 Å². The Morgan fingerprint density at radius 1 is 1.30 bits per heavy atom. The Balaban J connectivity index is 1.86. The van der Waals surface area contributed by atoms with Gasteiger partial charge in [0.25, 0.3) is 0 Å². The number of likely N-dealkylation sites (tertiary alicyclic amines) is 1. The van der Waals surface area contributed by atoms with Crippen LogP contribution < -0.4 is 5.32 Å². The number of benzene rings is 1. The van der Waals surface area contributed by atoms with Crippen molar-refractivity contribution in [3.63, 3.8) is 0 Å². The lowest BCUT2D eigenvalue weighted by Crippen LogP contribution is -2.49. The van der Waals surface area contributed by atoms with E-state index in [1.165, 1.54) is 37.8 Å². The van der Waals surface area contributed by atoms with Crippen molar-refractivity contribution >= 4 is 0 Å². The van der Waals surface area contributed by atoms with Gasteiger partial charge in [-0.3, -0.25) is 4.90 Å². The number of hydrogen-bond acceptors (Lipinski definition) is 3. The van der Waals surface area contributed by atoms with Crippen LogP contribution >= 0.6 is 0 Å². The van der Waals surface area contributed by atoms with Crippen molar-refractivity contribution in [2.75, 3.05) is 20.1 Å². The molecule has 2 rings (SSSR count). The van der Waals surface area contributed by atoms with Gasteiger partial charge in [0.15, 0.2) is 0 Å². The molecule has 0 saturated carbocycles. The minimum Gasteiger partial charge on any atom is -0.508 e.